The molecule has 2 fully saturated rings. The van der Waals surface area contributed by atoms with Crippen LogP contribution in [-0.2, 0) is 6.54 Å². The molecular weight excluding hydrogens is 222 g/mol. The van der Waals surface area contributed by atoms with Crippen molar-refractivity contribution >= 4 is 0 Å². The van der Waals surface area contributed by atoms with Crippen LogP contribution in [0.3, 0.4) is 0 Å². The lowest BCUT2D eigenvalue weighted by Gasteiger charge is -2.41. The Labute approximate surface area is 109 Å². The minimum absolute atomic E-state index is 0.0759. The lowest BCUT2D eigenvalue weighted by Crippen LogP contribution is -2.57. The molecule has 0 radical (unpaired) electrons. The summed E-state index contributed by atoms with van der Waals surface area (Å²) in [6, 6.07) is 10.5. The van der Waals surface area contributed by atoms with Gasteiger partial charge in [0, 0.05) is 12.1 Å². The monoisotopic (exact) mass is 245 g/mol. The van der Waals surface area contributed by atoms with Crippen LogP contribution in [0.5, 0.6) is 0 Å². The Bertz CT molecular complexity index is 428. The topological polar surface area (TPSA) is 32.3 Å². The van der Waals surface area contributed by atoms with E-state index in [-0.39, 0.29) is 17.1 Å². The normalized spacial score (nSPS) is 37.1. The lowest BCUT2D eigenvalue weighted by atomic mass is 9.75. The average molecular weight is 245 g/mol. The highest BCUT2D eigenvalue weighted by Crippen LogP contribution is 2.60. The maximum absolute atomic E-state index is 10.4. The molecular formula is C16H23NO. The molecule has 2 nitrogen and oxygen atoms in total. The van der Waals surface area contributed by atoms with Crippen LogP contribution in [0.1, 0.15) is 38.7 Å². The Morgan fingerprint density at radius 2 is 2.00 bits per heavy atom. The van der Waals surface area contributed by atoms with Gasteiger partial charge in [0.1, 0.15) is 0 Å². The Hall–Kier alpha value is -0.860. The predicted octanol–water partition coefficient (Wildman–Crippen LogP) is 2.72. The van der Waals surface area contributed by atoms with Gasteiger partial charge in [0.25, 0.3) is 0 Å². The smallest absolute Gasteiger partial charge is 0.0730 e. The van der Waals surface area contributed by atoms with Crippen LogP contribution in [0.2, 0.25) is 0 Å². The molecule has 0 amide bonds. The van der Waals surface area contributed by atoms with Crippen LogP contribution < -0.4 is 5.32 Å². The zero-order chi connectivity index (χ0) is 12.8. The maximum Gasteiger partial charge on any atom is 0.0730 e. The highest BCUT2D eigenvalue weighted by Gasteiger charge is 2.63. The largest absolute Gasteiger partial charge is 0.391 e. The molecule has 2 aliphatic carbocycles. The van der Waals surface area contributed by atoms with Crippen molar-refractivity contribution in [3.63, 3.8) is 0 Å². The number of nitrogens with one attached hydrogen (secondary N) is 1. The molecule has 3 atom stereocenters. The summed E-state index contributed by atoms with van der Waals surface area (Å²) in [6.45, 7) is 5.49. The van der Waals surface area contributed by atoms with Gasteiger partial charge in [-0.15, -0.1) is 0 Å². The van der Waals surface area contributed by atoms with E-state index < -0.39 is 0 Å². The summed E-state index contributed by atoms with van der Waals surface area (Å²) in [5.74, 6) is 0.677. The molecule has 1 aromatic carbocycles. The summed E-state index contributed by atoms with van der Waals surface area (Å²) in [7, 11) is 0. The first-order chi connectivity index (χ1) is 8.56. The van der Waals surface area contributed by atoms with Crippen molar-refractivity contribution in [3.8, 4) is 0 Å². The lowest BCUT2D eigenvalue weighted by molar-refractivity contribution is 0.0366. The number of aliphatic hydroxyl groups excluding tert-OH is 1. The molecule has 2 bridgehead atoms. The third kappa shape index (κ3) is 1.55. The van der Waals surface area contributed by atoms with Crippen molar-refractivity contribution < 1.29 is 5.11 Å². The number of hydrogen-bond acceptors (Lipinski definition) is 2. The molecule has 2 aliphatic rings. The van der Waals surface area contributed by atoms with Gasteiger partial charge in [-0.2, -0.15) is 0 Å². The summed E-state index contributed by atoms with van der Waals surface area (Å²) in [6.07, 6.45) is 3.15. The van der Waals surface area contributed by atoms with E-state index in [0.29, 0.717) is 5.92 Å². The van der Waals surface area contributed by atoms with Gasteiger partial charge in [-0.1, -0.05) is 44.2 Å². The molecule has 2 saturated carbocycles. The van der Waals surface area contributed by atoms with Gasteiger partial charge in [0.15, 0.2) is 0 Å². The van der Waals surface area contributed by atoms with E-state index in [2.05, 4.69) is 43.4 Å². The highest BCUT2D eigenvalue weighted by atomic mass is 16.3. The standard InChI is InChI=1S/C16H23NO/c1-15(2)13-8-9-16(15,14(18)10-13)17-11-12-6-4-3-5-7-12/h3-7,13-14,17-18H,8-11H2,1-2H3. The minimum Gasteiger partial charge on any atom is -0.391 e. The highest BCUT2D eigenvalue weighted by molar-refractivity contribution is 5.21. The van der Waals surface area contributed by atoms with Crippen LogP contribution in [0.25, 0.3) is 0 Å². The third-order valence-corrected chi connectivity index (χ3v) is 5.58. The molecule has 1 aromatic rings. The first kappa shape index (κ1) is 12.2. The Morgan fingerprint density at radius 3 is 2.56 bits per heavy atom. The molecule has 18 heavy (non-hydrogen) atoms. The fraction of sp³-hybridized carbons (Fsp3) is 0.625. The molecule has 0 aromatic heterocycles. The molecule has 0 saturated heterocycles. The zero-order valence-electron chi connectivity index (χ0n) is 11.3. The minimum atomic E-state index is -0.185. The van der Waals surface area contributed by atoms with E-state index in [1.165, 1.54) is 12.0 Å². The van der Waals surface area contributed by atoms with Gasteiger partial charge in [0.2, 0.25) is 0 Å². The molecule has 0 aliphatic heterocycles. The van der Waals surface area contributed by atoms with Crippen LogP contribution in [0.4, 0.5) is 0 Å². The van der Waals surface area contributed by atoms with Crippen LogP contribution in [0.15, 0.2) is 30.3 Å². The Balaban J connectivity index is 1.79. The second kappa shape index (κ2) is 4.07. The van der Waals surface area contributed by atoms with E-state index in [1.807, 2.05) is 6.07 Å². The number of rotatable bonds is 3. The molecule has 3 rings (SSSR count). The number of fused-ring (bicyclic) bond motifs is 2. The van der Waals surface area contributed by atoms with Gasteiger partial charge in [-0.05, 0) is 36.2 Å². The van der Waals surface area contributed by atoms with Crippen LogP contribution in [0, 0.1) is 11.3 Å². The third-order valence-electron chi connectivity index (χ3n) is 5.58. The van der Waals surface area contributed by atoms with Gasteiger partial charge >= 0.3 is 0 Å². The van der Waals surface area contributed by atoms with Crippen molar-refractivity contribution in [2.75, 3.05) is 0 Å². The van der Waals surface area contributed by atoms with E-state index in [9.17, 15) is 5.11 Å². The first-order valence-corrected chi connectivity index (χ1v) is 7.03. The molecule has 2 heteroatoms. The van der Waals surface area contributed by atoms with Crippen molar-refractivity contribution in [2.45, 2.75) is 51.3 Å². The summed E-state index contributed by atoms with van der Waals surface area (Å²) >= 11 is 0. The maximum atomic E-state index is 10.4. The fourth-order valence-corrected chi connectivity index (χ4v) is 4.22. The first-order valence-electron chi connectivity index (χ1n) is 7.03. The SMILES string of the molecule is CC1(C)C2CCC1(NCc1ccccc1)C(O)C2. The number of hydrogen-bond donors (Lipinski definition) is 2. The summed E-state index contributed by atoms with van der Waals surface area (Å²) in [5, 5.41) is 14.1. The van der Waals surface area contributed by atoms with Gasteiger partial charge in [-0.25, -0.2) is 0 Å². The number of benzene rings is 1. The van der Waals surface area contributed by atoms with Crippen molar-refractivity contribution in [2.24, 2.45) is 11.3 Å². The van der Waals surface area contributed by atoms with Crippen LogP contribution in [-0.4, -0.2) is 16.7 Å². The summed E-state index contributed by atoms with van der Waals surface area (Å²) in [4.78, 5) is 0. The Morgan fingerprint density at radius 1 is 1.28 bits per heavy atom. The van der Waals surface area contributed by atoms with Crippen molar-refractivity contribution in [1.29, 1.82) is 0 Å². The second-order valence-corrected chi connectivity index (χ2v) is 6.52. The van der Waals surface area contributed by atoms with E-state index >= 15 is 0 Å². The summed E-state index contributed by atoms with van der Waals surface area (Å²) < 4.78 is 0. The molecule has 0 heterocycles. The zero-order valence-corrected chi connectivity index (χ0v) is 11.3. The number of aliphatic hydroxyl groups is 1. The molecule has 3 unspecified atom stereocenters. The van der Waals surface area contributed by atoms with Gasteiger partial charge in [0.05, 0.1) is 6.10 Å². The fourth-order valence-electron chi connectivity index (χ4n) is 4.22. The average Bonchev–Trinajstić information content (AvgIpc) is 2.72. The molecule has 98 valence electrons. The van der Waals surface area contributed by atoms with E-state index in [4.69, 9.17) is 0 Å². The van der Waals surface area contributed by atoms with Crippen molar-refractivity contribution in [1.82, 2.24) is 5.32 Å². The molecule has 2 N–H and O–H groups in total. The van der Waals surface area contributed by atoms with Crippen LogP contribution >= 0.6 is 0 Å². The predicted molar refractivity (Wildman–Crippen MR) is 73.1 cm³/mol. The van der Waals surface area contributed by atoms with E-state index in [1.54, 1.807) is 0 Å². The Kier molecular flexibility index (Phi) is 2.76. The second-order valence-electron chi connectivity index (χ2n) is 6.52. The van der Waals surface area contributed by atoms with Gasteiger partial charge in [-0.3, -0.25) is 0 Å². The summed E-state index contributed by atoms with van der Waals surface area (Å²) in [5.41, 5.74) is 1.43. The van der Waals surface area contributed by atoms with Gasteiger partial charge < -0.3 is 10.4 Å². The van der Waals surface area contributed by atoms with Crippen molar-refractivity contribution in [3.05, 3.63) is 35.9 Å². The van der Waals surface area contributed by atoms with E-state index in [0.717, 1.165) is 19.4 Å². The molecule has 0 spiro atoms. The quantitative estimate of drug-likeness (QED) is 0.858.